The number of rotatable bonds is 9. The molecule has 0 bridgehead atoms. The quantitative estimate of drug-likeness (QED) is 0.104. The van der Waals surface area contributed by atoms with Gasteiger partial charge in [-0.2, -0.15) is 0 Å². The third kappa shape index (κ3) is 11.7. The van der Waals surface area contributed by atoms with Crippen molar-refractivity contribution in [3.8, 4) is 40.2 Å². The minimum atomic E-state index is 0. The van der Waals surface area contributed by atoms with Gasteiger partial charge >= 0.3 is 20.7 Å². The van der Waals surface area contributed by atoms with Crippen LogP contribution < -0.4 is 35.3 Å². The van der Waals surface area contributed by atoms with Crippen molar-refractivity contribution in [2.75, 3.05) is 0 Å². The third-order valence-electron chi connectivity index (χ3n) is 11.6. The van der Waals surface area contributed by atoms with E-state index in [-0.39, 0.29) is 33.2 Å². The molecular weight excluding hydrogens is 872 g/mol. The molecule has 336 valence electrons. The van der Waals surface area contributed by atoms with Crippen molar-refractivity contribution in [3.63, 3.8) is 0 Å². The lowest BCUT2D eigenvalue weighted by Crippen LogP contribution is -2.23. The summed E-state index contributed by atoms with van der Waals surface area (Å²) < 4.78 is 40.5. The van der Waals surface area contributed by atoms with E-state index < -0.39 is 0 Å². The van der Waals surface area contributed by atoms with E-state index in [1.54, 1.807) is 36.5 Å². The average molecular weight is 919 g/mol. The van der Waals surface area contributed by atoms with Gasteiger partial charge < -0.3 is 32.9 Å². The molecule has 0 amide bonds. The number of hydrogen-bond donors (Lipinski definition) is 0. The van der Waals surface area contributed by atoms with Crippen LogP contribution in [0.2, 0.25) is 20.5 Å². The second-order valence-corrected chi connectivity index (χ2v) is 16.2. The molecule has 4 heterocycles. The Labute approximate surface area is 405 Å². The fourth-order valence-corrected chi connectivity index (χ4v) is 7.85. The van der Waals surface area contributed by atoms with Gasteiger partial charge in [-0.3, -0.25) is 4.98 Å². The van der Waals surface area contributed by atoms with Crippen molar-refractivity contribution in [2.45, 2.75) is 60.7 Å². The van der Waals surface area contributed by atoms with E-state index in [1.807, 2.05) is 106 Å². The molecule has 0 atom stereocenters. The molecular formula is C53H46B3ClN4O7. The second-order valence-electron chi connectivity index (χ2n) is 16.2. The zero-order chi connectivity index (χ0) is 46.9. The Kier molecular flexibility index (Phi) is 15.9. The van der Waals surface area contributed by atoms with Crippen molar-refractivity contribution in [1.82, 2.24) is 4.98 Å². The highest BCUT2D eigenvalue weighted by Gasteiger charge is 2.26. The molecule has 0 radical (unpaired) electrons. The summed E-state index contributed by atoms with van der Waals surface area (Å²) in [6.45, 7) is 33.9. The lowest BCUT2D eigenvalue weighted by molar-refractivity contribution is 0.287. The number of pyridine rings is 1. The van der Waals surface area contributed by atoms with E-state index >= 15 is 0 Å². The Balaban J connectivity index is 0.000000152. The normalized spacial score (nSPS) is 12.5. The van der Waals surface area contributed by atoms with Crippen LogP contribution >= 0.6 is 12.4 Å². The van der Waals surface area contributed by atoms with Crippen molar-refractivity contribution in [1.29, 1.82) is 0 Å². The molecule has 3 aliphatic rings. The van der Waals surface area contributed by atoms with E-state index in [1.165, 1.54) is 27.5 Å². The summed E-state index contributed by atoms with van der Waals surface area (Å²) in [6.07, 6.45) is 1.72. The van der Waals surface area contributed by atoms with Crippen molar-refractivity contribution >= 4 is 66.6 Å². The zero-order valence-corrected chi connectivity index (χ0v) is 39.1. The topological polar surface area (TPSA) is 90.6 Å². The maximum Gasteiger partial charge on any atom is 0.324 e. The lowest BCUT2D eigenvalue weighted by Gasteiger charge is -2.13. The summed E-state index contributed by atoms with van der Waals surface area (Å²) in [5.41, 5.74) is 11.6. The van der Waals surface area contributed by atoms with Gasteiger partial charge in [0.15, 0.2) is 28.6 Å². The summed E-state index contributed by atoms with van der Waals surface area (Å²) in [5.74, 6) is 4.89. The van der Waals surface area contributed by atoms with Crippen molar-refractivity contribution in [3.05, 3.63) is 201 Å². The van der Waals surface area contributed by atoms with Gasteiger partial charge in [-0.1, -0.05) is 62.9 Å². The monoisotopic (exact) mass is 918 g/mol. The summed E-state index contributed by atoms with van der Waals surface area (Å²) in [6, 6.07) is 39.9. The highest BCUT2D eigenvalue weighted by Crippen LogP contribution is 2.36. The van der Waals surface area contributed by atoms with Gasteiger partial charge in [0, 0.05) is 6.20 Å². The molecule has 0 saturated heterocycles. The molecule has 7 aromatic rings. The highest BCUT2D eigenvalue weighted by molar-refractivity contribution is 6.68. The first-order valence-corrected chi connectivity index (χ1v) is 21.8. The molecule has 0 aliphatic carbocycles. The molecule has 6 aromatic carbocycles. The number of ether oxygens (including phenoxy) is 4. The predicted octanol–water partition coefficient (Wildman–Crippen LogP) is 12.2. The number of aromatic nitrogens is 1. The lowest BCUT2D eigenvalue weighted by atomic mass is 9.64. The number of fused-ring (bicyclic) bond motifs is 3. The van der Waals surface area contributed by atoms with Gasteiger partial charge in [-0.25, -0.2) is 14.5 Å². The molecule has 0 unspecified atom stereocenters. The molecule has 0 saturated carbocycles. The van der Waals surface area contributed by atoms with E-state index in [0.29, 0.717) is 60.7 Å². The molecule has 0 N–H and O–H groups in total. The van der Waals surface area contributed by atoms with Gasteiger partial charge in [0.1, 0.15) is 35.4 Å². The molecule has 15 heteroatoms. The van der Waals surface area contributed by atoms with E-state index in [9.17, 15) is 0 Å². The number of halogens is 1. The van der Waals surface area contributed by atoms with Gasteiger partial charge in [0.05, 0.1) is 45.2 Å². The van der Waals surface area contributed by atoms with Crippen LogP contribution in [-0.4, -0.2) is 25.7 Å². The standard InChI is InChI=1S/C21H17BN2O3.2C16H14BNO2.ClH/c1-22-19-8-7-18(11-15(19)13-26-22)27-20-9-6-16(23-2)12-21(20)25-14-17-5-3-4-10-24-17;2*1-11-8-13(5-7-16(11)18-3)20-14-4-6-15-12(9-14)10-19-17(15)2;/h3-12H,13-14H2,1H3;2*4-9H,10H2,1-2H3;1H. The van der Waals surface area contributed by atoms with Crippen LogP contribution in [0.5, 0.6) is 40.2 Å². The maximum atomic E-state index is 7.23. The smallest absolute Gasteiger partial charge is 0.324 e. The molecule has 10 rings (SSSR count). The zero-order valence-electron chi connectivity index (χ0n) is 38.3. The number of nitrogens with zero attached hydrogens (tertiary/aromatic N) is 4. The Morgan fingerprint density at radius 2 is 0.971 bits per heavy atom. The van der Waals surface area contributed by atoms with Gasteiger partial charge in [-0.05, 0) is 143 Å². The average Bonchev–Trinajstić information content (AvgIpc) is 4.03. The summed E-state index contributed by atoms with van der Waals surface area (Å²) in [4.78, 5) is 14.6. The first-order valence-electron chi connectivity index (χ1n) is 21.8. The van der Waals surface area contributed by atoms with Crippen molar-refractivity contribution in [2.24, 2.45) is 0 Å². The van der Waals surface area contributed by atoms with E-state index in [4.69, 9.17) is 52.6 Å². The van der Waals surface area contributed by atoms with E-state index in [2.05, 4.69) is 45.3 Å². The van der Waals surface area contributed by atoms with Crippen LogP contribution in [0.1, 0.15) is 33.5 Å². The van der Waals surface area contributed by atoms with Crippen LogP contribution in [0.25, 0.3) is 14.5 Å². The van der Waals surface area contributed by atoms with Gasteiger partial charge in [0.2, 0.25) is 0 Å². The van der Waals surface area contributed by atoms with Crippen LogP contribution in [0.3, 0.4) is 0 Å². The first kappa shape index (κ1) is 48.4. The summed E-state index contributed by atoms with van der Waals surface area (Å²) in [7, 11) is 0. The molecule has 0 spiro atoms. The van der Waals surface area contributed by atoms with Gasteiger partial charge in [-0.15, -0.1) is 12.4 Å². The van der Waals surface area contributed by atoms with Crippen LogP contribution in [-0.2, 0) is 40.4 Å². The molecule has 0 fully saturated rings. The third-order valence-corrected chi connectivity index (χ3v) is 11.6. The minimum Gasteiger partial charge on any atom is -0.485 e. The fourth-order valence-electron chi connectivity index (χ4n) is 7.85. The Morgan fingerprint density at radius 3 is 1.40 bits per heavy atom. The molecule has 68 heavy (non-hydrogen) atoms. The van der Waals surface area contributed by atoms with Crippen molar-refractivity contribution < 1.29 is 32.9 Å². The Bertz CT molecular complexity index is 2940. The summed E-state index contributed by atoms with van der Waals surface area (Å²) in [5, 5.41) is 0. The largest absolute Gasteiger partial charge is 0.485 e. The predicted molar refractivity (Wildman–Crippen MR) is 271 cm³/mol. The second kappa shape index (κ2) is 22.3. The number of aryl methyl sites for hydroxylation is 2. The van der Waals surface area contributed by atoms with Crippen LogP contribution in [0.4, 0.5) is 17.1 Å². The number of benzene rings is 6. The Hall–Kier alpha value is -7.50. The first-order chi connectivity index (χ1) is 32.6. The molecule has 1 aromatic heterocycles. The number of hydrogen-bond acceptors (Lipinski definition) is 8. The van der Waals surface area contributed by atoms with Crippen LogP contribution in [0.15, 0.2) is 134 Å². The minimum absolute atomic E-state index is 0. The molecule has 3 aliphatic heterocycles. The summed E-state index contributed by atoms with van der Waals surface area (Å²) >= 11 is 0. The maximum absolute atomic E-state index is 7.23. The fraction of sp³-hybridized carbons (Fsp3) is 0.170. The van der Waals surface area contributed by atoms with Gasteiger partial charge in [0.25, 0.3) is 0 Å². The Morgan fingerprint density at radius 1 is 0.515 bits per heavy atom. The molecule has 11 nitrogen and oxygen atoms in total. The van der Waals surface area contributed by atoms with E-state index in [0.717, 1.165) is 45.4 Å². The van der Waals surface area contributed by atoms with Crippen LogP contribution in [0, 0.1) is 33.6 Å². The highest BCUT2D eigenvalue weighted by atomic mass is 35.5. The SMILES string of the molecule is Cl.[C-]#[N+]c1ccc(Oc2ccc3c(c2)COB3C)c(OCc2ccccn2)c1.[C-]#[N+]c1ccc(Oc2ccc3c(c2)COB3C)cc1C.[C-]#[N+]c1ccc(Oc2ccc3c(c2)COB3C)cc1C.